The quantitative estimate of drug-likeness (QED) is 0.0601. The molecule has 4 rings (SSSR count). The average Bonchev–Trinajstić information content (AvgIpc) is 3.11. The summed E-state index contributed by atoms with van der Waals surface area (Å²) < 4.78 is 32.2. The summed E-state index contributed by atoms with van der Waals surface area (Å²) in [5.74, 6) is 3.66. The second-order valence-corrected chi connectivity index (χ2v) is 17.8. The predicted molar refractivity (Wildman–Crippen MR) is 217 cm³/mol. The molecule has 4 aromatic carbocycles. The molecule has 0 fully saturated rings. The van der Waals surface area contributed by atoms with Gasteiger partial charge in [-0.2, -0.15) is 0 Å². The highest BCUT2D eigenvalue weighted by Crippen LogP contribution is 2.20. The Balaban J connectivity index is 1.82. The highest BCUT2D eigenvalue weighted by atomic mass is 28.4. The SMILES string of the molecule is CCCCOc1ccc([Si](O[Si](c2ccc(OCCCC)cc2C)c2ccc(OCCCC)cc2C)c2ccc(OCCCC)cc2C)c(C)c1. The van der Waals surface area contributed by atoms with Crippen LogP contribution in [0.2, 0.25) is 0 Å². The Morgan fingerprint density at radius 2 is 0.608 bits per heavy atom. The predicted octanol–water partition coefficient (Wildman–Crippen LogP) is 8.56. The summed E-state index contributed by atoms with van der Waals surface area (Å²) in [7, 11) is -3.50. The van der Waals surface area contributed by atoms with Crippen LogP contribution in [0.4, 0.5) is 0 Å². The molecule has 0 unspecified atom stereocenters. The van der Waals surface area contributed by atoms with Gasteiger partial charge in [-0.05, 0) is 145 Å². The fraction of sp³-hybridized carbons (Fsp3) is 0.455. The van der Waals surface area contributed by atoms with Gasteiger partial charge in [0.25, 0.3) is 18.1 Å². The lowest BCUT2D eigenvalue weighted by atomic mass is 10.2. The molecule has 7 heteroatoms. The summed E-state index contributed by atoms with van der Waals surface area (Å²) in [6, 6.07) is 26.2. The van der Waals surface area contributed by atoms with Crippen LogP contribution in [0.3, 0.4) is 0 Å². The number of ether oxygens (including phenoxy) is 4. The van der Waals surface area contributed by atoms with Gasteiger partial charge >= 0.3 is 0 Å². The van der Waals surface area contributed by atoms with E-state index in [-0.39, 0.29) is 0 Å². The van der Waals surface area contributed by atoms with Gasteiger partial charge in [-0.15, -0.1) is 0 Å². The molecular formula is C44H60O5Si2. The lowest BCUT2D eigenvalue weighted by molar-refractivity contribution is 0.309. The van der Waals surface area contributed by atoms with Crippen LogP contribution in [-0.4, -0.2) is 44.5 Å². The number of benzene rings is 4. The Kier molecular flexibility index (Phi) is 16.7. The minimum atomic E-state index is -1.75. The van der Waals surface area contributed by atoms with E-state index < -0.39 is 18.1 Å². The smallest absolute Gasteiger partial charge is 0.273 e. The topological polar surface area (TPSA) is 46.2 Å². The normalized spacial score (nSPS) is 11.3. The summed E-state index contributed by atoms with van der Waals surface area (Å²) in [4.78, 5) is 0. The zero-order valence-electron chi connectivity index (χ0n) is 32.5. The maximum Gasteiger partial charge on any atom is 0.273 e. The van der Waals surface area contributed by atoms with E-state index in [2.05, 4.69) is 128 Å². The number of unbranched alkanes of at least 4 members (excludes halogenated alkanes) is 4. The third kappa shape index (κ3) is 11.7. The zero-order valence-corrected chi connectivity index (χ0v) is 34.5. The van der Waals surface area contributed by atoms with Crippen molar-refractivity contribution in [3.63, 3.8) is 0 Å². The molecule has 4 aromatic rings. The van der Waals surface area contributed by atoms with Crippen LogP contribution in [0.5, 0.6) is 23.0 Å². The monoisotopic (exact) mass is 724 g/mol. The van der Waals surface area contributed by atoms with E-state index in [9.17, 15) is 0 Å². The molecule has 274 valence electrons. The zero-order chi connectivity index (χ0) is 36.6. The van der Waals surface area contributed by atoms with Crippen LogP contribution in [0.25, 0.3) is 0 Å². The minimum Gasteiger partial charge on any atom is -0.494 e. The van der Waals surface area contributed by atoms with E-state index in [1.807, 2.05) is 0 Å². The maximum atomic E-state index is 7.71. The van der Waals surface area contributed by atoms with Crippen molar-refractivity contribution in [3.05, 3.63) is 95.1 Å². The fourth-order valence-corrected chi connectivity index (χ4v) is 11.7. The fourth-order valence-electron chi connectivity index (χ4n) is 5.87. The van der Waals surface area contributed by atoms with Crippen molar-refractivity contribution in [2.24, 2.45) is 0 Å². The Bertz CT molecular complexity index is 1420. The lowest BCUT2D eigenvalue weighted by Crippen LogP contribution is -2.58. The Labute approximate surface area is 312 Å². The van der Waals surface area contributed by atoms with Crippen molar-refractivity contribution in [2.45, 2.75) is 107 Å². The molecular weight excluding hydrogens is 665 g/mol. The van der Waals surface area contributed by atoms with Crippen molar-refractivity contribution in [2.75, 3.05) is 26.4 Å². The van der Waals surface area contributed by atoms with Crippen LogP contribution >= 0.6 is 0 Å². The maximum absolute atomic E-state index is 7.71. The first-order valence-corrected chi connectivity index (χ1v) is 22.0. The van der Waals surface area contributed by atoms with Crippen LogP contribution in [0.15, 0.2) is 72.8 Å². The molecule has 0 N–H and O–H groups in total. The number of hydrogen-bond donors (Lipinski definition) is 0. The molecule has 0 aliphatic rings. The highest BCUT2D eigenvalue weighted by Gasteiger charge is 2.32. The van der Waals surface area contributed by atoms with Crippen molar-refractivity contribution >= 4 is 38.8 Å². The van der Waals surface area contributed by atoms with Gasteiger partial charge in [0.15, 0.2) is 0 Å². The molecule has 0 saturated carbocycles. The molecule has 2 radical (unpaired) electrons. The first-order valence-electron chi connectivity index (χ1n) is 19.2. The molecule has 51 heavy (non-hydrogen) atoms. The van der Waals surface area contributed by atoms with Gasteiger partial charge in [-0.25, -0.2) is 0 Å². The van der Waals surface area contributed by atoms with Gasteiger partial charge in [-0.3, -0.25) is 0 Å². The molecule has 0 amide bonds. The number of rotatable bonds is 22. The summed E-state index contributed by atoms with van der Waals surface area (Å²) in [6.07, 6.45) is 8.60. The van der Waals surface area contributed by atoms with E-state index >= 15 is 0 Å². The minimum absolute atomic E-state index is 0.726. The molecule has 0 aromatic heterocycles. The molecule has 0 atom stereocenters. The van der Waals surface area contributed by atoms with Crippen molar-refractivity contribution in [1.82, 2.24) is 0 Å². The Morgan fingerprint density at radius 3 is 0.804 bits per heavy atom. The van der Waals surface area contributed by atoms with E-state index in [0.717, 1.165) is 101 Å². The van der Waals surface area contributed by atoms with Gasteiger partial charge in [0.2, 0.25) is 0 Å². The van der Waals surface area contributed by atoms with Gasteiger partial charge in [0.1, 0.15) is 23.0 Å². The van der Waals surface area contributed by atoms with E-state index in [1.165, 1.54) is 43.0 Å². The first-order chi connectivity index (χ1) is 24.8. The Hall–Kier alpha value is -3.53. The van der Waals surface area contributed by atoms with Crippen LogP contribution in [-0.2, 0) is 4.12 Å². The third-order valence-electron chi connectivity index (χ3n) is 9.04. The average molecular weight is 725 g/mol. The summed E-state index contributed by atoms with van der Waals surface area (Å²) in [6.45, 7) is 20.4. The van der Waals surface area contributed by atoms with Gasteiger partial charge < -0.3 is 23.1 Å². The number of aryl methyl sites for hydroxylation is 4. The number of hydrogen-bond acceptors (Lipinski definition) is 5. The summed E-state index contributed by atoms with van der Waals surface area (Å²) in [5, 5.41) is 4.95. The summed E-state index contributed by atoms with van der Waals surface area (Å²) in [5.41, 5.74) is 4.76. The van der Waals surface area contributed by atoms with Crippen molar-refractivity contribution in [3.8, 4) is 23.0 Å². The van der Waals surface area contributed by atoms with Crippen molar-refractivity contribution < 1.29 is 23.1 Å². The molecule has 0 aliphatic carbocycles. The molecule has 0 saturated heterocycles. The van der Waals surface area contributed by atoms with E-state index in [1.54, 1.807) is 0 Å². The van der Waals surface area contributed by atoms with E-state index in [0.29, 0.717) is 0 Å². The van der Waals surface area contributed by atoms with Crippen LogP contribution < -0.4 is 39.7 Å². The Morgan fingerprint density at radius 1 is 0.373 bits per heavy atom. The van der Waals surface area contributed by atoms with Gasteiger partial charge in [0, 0.05) is 0 Å². The second kappa shape index (κ2) is 21.1. The molecule has 0 bridgehead atoms. The van der Waals surface area contributed by atoms with Crippen LogP contribution in [0, 0.1) is 27.7 Å². The highest BCUT2D eigenvalue weighted by molar-refractivity contribution is 6.92. The molecule has 0 spiro atoms. The molecule has 5 nitrogen and oxygen atoms in total. The lowest BCUT2D eigenvalue weighted by Gasteiger charge is -2.28. The van der Waals surface area contributed by atoms with Crippen LogP contribution in [0.1, 0.15) is 101 Å². The standard InChI is InChI=1S/C44H60O5Si2/c1-9-13-25-45-37-17-21-41(33(5)29-37)50(42-22-18-38(30-34(42)6)46-26-14-10-2)49-51(43-23-19-39(31-35(43)7)47-27-15-11-3)44-24-20-40(32-36(44)8)48-28-16-12-4/h17-24,29-32H,9-16,25-28H2,1-8H3. The van der Waals surface area contributed by atoms with Crippen molar-refractivity contribution in [1.29, 1.82) is 0 Å². The van der Waals surface area contributed by atoms with E-state index in [4.69, 9.17) is 23.1 Å². The third-order valence-corrected chi connectivity index (χ3v) is 14.9. The first kappa shape index (κ1) is 40.2. The molecule has 0 heterocycles. The summed E-state index contributed by atoms with van der Waals surface area (Å²) >= 11 is 0. The molecule has 0 aliphatic heterocycles. The van der Waals surface area contributed by atoms with Gasteiger partial charge in [0.05, 0.1) is 26.4 Å². The second-order valence-electron chi connectivity index (χ2n) is 13.5. The largest absolute Gasteiger partial charge is 0.494 e. The van der Waals surface area contributed by atoms with Gasteiger partial charge in [-0.1, -0.05) is 77.6 Å².